The van der Waals surface area contributed by atoms with Crippen molar-refractivity contribution in [1.82, 2.24) is 15.1 Å². The molecule has 5 rings (SSSR count). The van der Waals surface area contributed by atoms with Crippen LogP contribution in [0.2, 0.25) is 0 Å². The summed E-state index contributed by atoms with van der Waals surface area (Å²) >= 11 is 0. The fraction of sp³-hybridized carbons (Fsp3) is 0.407. The Morgan fingerprint density at radius 1 is 1.23 bits per heavy atom. The predicted molar refractivity (Wildman–Crippen MR) is 134 cm³/mol. The number of benzene rings is 2. The third kappa shape index (κ3) is 5.27. The van der Waals surface area contributed by atoms with Gasteiger partial charge in [0.15, 0.2) is 0 Å². The Hall–Kier alpha value is -3.52. The summed E-state index contributed by atoms with van der Waals surface area (Å²) in [7, 11) is 3.78. The van der Waals surface area contributed by atoms with Crippen LogP contribution in [-0.4, -0.2) is 61.0 Å². The second-order valence-electron chi connectivity index (χ2n) is 9.31. The highest BCUT2D eigenvalue weighted by Gasteiger charge is 2.27. The van der Waals surface area contributed by atoms with Crippen molar-refractivity contribution in [1.29, 1.82) is 0 Å². The molecule has 1 amide bonds. The van der Waals surface area contributed by atoms with Gasteiger partial charge in [-0.1, -0.05) is 12.5 Å². The number of amides is 1. The smallest absolute Gasteiger partial charge is 0.231 e. The molecule has 1 fully saturated rings. The predicted octanol–water partition coefficient (Wildman–Crippen LogP) is 4.14. The molecule has 8 heteroatoms. The van der Waals surface area contributed by atoms with Gasteiger partial charge in [-0.3, -0.25) is 9.89 Å². The van der Waals surface area contributed by atoms with Crippen molar-refractivity contribution in [2.24, 2.45) is 5.92 Å². The lowest BCUT2D eigenvalue weighted by Crippen LogP contribution is -2.40. The SMILES string of the molecule is COc1ccc2c(c1)C[C@H](C(=O)Nc1ccc(-c3cn[nH]c3)cc1OC[C@H]1CCCCN1C)CO2. The molecule has 184 valence electrons. The number of carbonyl (C=O) groups is 1. The van der Waals surface area contributed by atoms with E-state index in [4.69, 9.17) is 14.2 Å². The molecular weight excluding hydrogens is 444 g/mol. The molecule has 0 saturated carbocycles. The van der Waals surface area contributed by atoms with Crippen LogP contribution in [0.15, 0.2) is 48.8 Å². The Morgan fingerprint density at radius 3 is 2.94 bits per heavy atom. The van der Waals surface area contributed by atoms with Crippen LogP contribution < -0.4 is 19.5 Å². The number of ether oxygens (including phenoxy) is 3. The number of hydrogen-bond acceptors (Lipinski definition) is 6. The van der Waals surface area contributed by atoms with Crippen LogP contribution in [0.25, 0.3) is 11.1 Å². The van der Waals surface area contributed by atoms with E-state index >= 15 is 0 Å². The quantitative estimate of drug-likeness (QED) is 0.533. The van der Waals surface area contributed by atoms with Crippen molar-refractivity contribution in [3.05, 3.63) is 54.4 Å². The molecule has 2 aromatic carbocycles. The van der Waals surface area contributed by atoms with Crippen LogP contribution in [0.4, 0.5) is 5.69 Å². The highest BCUT2D eigenvalue weighted by atomic mass is 16.5. The first-order chi connectivity index (χ1) is 17.1. The molecule has 35 heavy (non-hydrogen) atoms. The number of H-pyrrole nitrogens is 1. The minimum absolute atomic E-state index is 0.0887. The van der Waals surface area contributed by atoms with Gasteiger partial charge in [0.05, 0.1) is 24.9 Å². The molecule has 0 unspecified atom stereocenters. The average Bonchev–Trinajstić information content (AvgIpc) is 3.43. The lowest BCUT2D eigenvalue weighted by atomic mass is 9.95. The van der Waals surface area contributed by atoms with Gasteiger partial charge in [0, 0.05) is 17.8 Å². The van der Waals surface area contributed by atoms with Crippen molar-refractivity contribution in [2.75, 3.05) is 39.2 Å². The second kappa shape index (κ2) is 10.4. The van der Waals surface area contributed by atoms with E-state index in [-0.39, 0.29) is 11.8 Å². The number of methoxy groups -OCH3 is 1. The van der Waals surface area contributed by atoms with E-state index in [0.29, 0.717) is 37.1 Å². The minimum Gasteiger partial charge on any atom is -0.497 e. The highest BCUT2D eigenvalue weighted by Crippen LogP contribution is 2.34. The van der Waals surface area contributed by atoms with Crippen LogP contribution in [0.1, 0.15) is 24.8 Å². The number of likely N-dealkylation sites (tertiary alicyclic amines) is 1. The van der Waals surface area contributed by atoms with E-state index in [9.17, 15) is 4.79 Å². The van der Waals surface area contributed by atoms with Crippen molar-refractivity contribution in [3.8, 4) is 28.4 Å². The number of aromatic amines is 1. The van der Waals surface area contributed by atoms with Gasteiger partial charge < -0.3 is 24.4 Å². The number of nitrogens with one attached hydrogen (secondary N) is 2. The van der Waals surface area contributed by atoms with Crippen LogP contribution in [-0.2, 0) is 11.2 Å². The van der Waals surface area contributed by atoms with Gasteiger partial charge in [-0.2, -0.15) is 5.10 Å². The van der Waals surface area contributed by atoms with Crippen LogP contribution >= 0.6 is 0 Å². The average molecular weight is 477 g/mol. The number of nitrogens with zero attached hydrogens (tertiary/aromatic N) is 2. The molecule has 0 radical (unpaired) electrons. The van der Waals surface area contributed by atoms with E-state index in [1.54, 1.807) is 13.3 Å². The van der Waals surface area contributed by atoms with Gasteiger partial charge in [-0.15, -0.1) is 0 Å². The van der Waals surface area contributed by atoms with Gasteiger partial charge >= 0.3 is 0 Å². The fourth-order valence-corrected chi connectivity index (χ4v) is 4.78. The maximum Gasteiger partial charge on any atom is 0.231 e. The monoisotopic (exact) mass is 476 g/mol. The van der Waals surface area contributed by atoms with E-state index in [2.05, 4.69) is 27.5 Å². The topological polar surface area (TPSA) is 88.7 Å². The molecule has 3 heterocycles. The summed E-state index contributed by atoms with van der Waals surface area (Å²) in [6.07, 6.45) is 7.76. The van der Waals surface area contributed by atoms with Gasteiger partial charge in [-0.05, 0) is 74.3 Å². The third-order valence-electron chi connectivity index (χ3n) is 6.97. The van der Waals surface area contributed by atoms with Gasteiger partial charge in [0.2, 0.25) is 5.91 Å². The van der Waals surface area contributed by atoms with Crippen molar-refractivity contribution < 1.29 is 19.0 Å². The molecule has 1 aromatic heterocycles. The first kappa shape index (κ1) is 23.2. The molecule has 0 aliphatic carbocycles. The summed E-state index contributed by atoms with van der Waals surface area (Å²) in [6.45, 7) is 2.00. The molecule has 2 atom stereocenters. The molecular formula is C27H32N4O4. The second-order valence-corrected chi connectivity index (χ2v) is 9.31. The van der Waals surface area contributed by atoms with E-state index in [1.165, 1.54) is 12.8 Å². The first-order valence-corrected chi connectivity index (χ1v) is 12.2. The van der Waals surface area contributed by atoms with E-state index in [1.807, 2.05) is 42.6 Å². The molecule has 1 saturated heterocycles. The Kier molecular flexibility index (Phi) is 6.90. The highest BCUT2D eigenvalue weighted by molar-refractivity contribution is 5.95. The molecule has 0 spiro atoms. The van der Waals surface area contributed by atoms with Crippen LogP contribution in [0.3, 0.4) is 0 Å². The molecule has 8 nitrogen and oxygen atoms in total. The largest absolute Gasteiger partial charge is 0.497 e. The number of piperidine rings is 1. The van der Waals surface area contributed by atoms with Gasteiger partial charge in [-0.25, -0.2) is 0 Å². The lowest BCUT2D eigenvalue weighted by Gasteiger charge is -2.32. The molecule has 3 aromatic rings. The van der Waals surface area contributed by atoms with E-state index in [0.717, 1.165) is 41.2 Å². The zero-order chi connectivity index (χ0) is 24.2. The maximum absolute atomic E-state index is 13.3. The number of aromatic nitrogens is 2. The number of hydrogen-bond donors (Lipinski definition) is 2. The number of anilines is 1. The maximum atomic E-state index is 13.3. The minimum atomic E-state index is -0.305. The summed E-state index contributed by atoms with van der Waals surface area (Å²) in [4.78, 5) is 15.6. The lowest BCUT2D eigenvalue weighted by molar-refractivity contribution is -0.121. The number of carbonyl (C=O) groups excluding carboxylic acids is 1. The fourth-order valence-electron chi connectivity index (χ4n) is 4.78. The van der Waals surface area contributed by atoms with Crippen molar-refractivity contribution in [2.45, 2.75) is 31.7 Å². The standard InChI is InChI=1S/C27H32N4O4/c1-31-10-4-3-5-22(31)17-35-26-13-18(21-14-28-29-15-21)6-8-24(26)30-27(32)20-11-19-12-23(33-2)7-9-25(19)34-16-20/h6-9,12-15,20,22H,3-5,10-11,16-17H2,1-2H3,(H,28,29)(H,30,32)/t20-,22+/m0/s1. The molecule has 2 aliphatic rings. The number of likely N-dealkylation sites (N-methyl/N-ethyl adjacent to an activating group) is 1. The Morgan fingerprint density at radius 2 is 2.14 bits per heavy atom. The number of fused-ring (bicyclic) bond motifs is 1. The summed E-state index contributed by atoms with van der Waals surface area (Å²) < 4.78 is 17.5. The Bertz CT molecular complexity index is 1160. The Labute approximate surface area is 205 Å². The summed E-state index contributed by atoms with van der Waals surface area (Å²) in [5.41, 5.74) is 3.58. The van der Waals surface area contributed by atoms with Gasteiger partial charge in [0.25, 0.3) is 0 Å². The normalized spacial score (nSPS) is 19.9. The van der Waals surface area contributed by atoms with Crippen LogP contribution in [0, 0.1) is 5.92 Å². The molecule has 2 aliphatic heterocycles. The molecule has 0 bridgehead atoms. The first-order valence-electron chi connectivity index (χ1n) is 12.2. The zero-order valence-corrected chi connectivity index (χ0v) is 20.3. The van der Waals surface area contributed by atoms with Gasteiger partial charge in [0.1, 0.15) is 30.5 Å². The van der Waals surface area contributed by atoms with E-state index < -0.39 is 0 Å². The zero-order valence-electron chi connectivity index (χ0n) is 20.3. The summed E-state index contributed by atoms with van der Waals surface area (Å²) in [5.74, 6) is 1.83. The summed E-state index contributed by atoms with van der Waals surface area (Å²) in [5, 5.41) is 10.0. The summed E-state index contributed by atoms with van der Waals surface area (Å²) in [6, 6.07) is 11.9. The van der Waals surface area contributed by atoms with Crippen molar-refractivity contribution >= 4 is 11.6 Å². The third-order valence-corrected chi connectivity index (χ3v) is 6.97. The van der Waals surface area contributed by atoms with Crippen molar-refractivity contribution in [3.63, 3.8) is 0 Å². The number of rotatable bonds is 7. The molecule has 2 N–H and O–H groups in total. The van der Waals surface area contributed by atoms with Crippen LogP contribution in [0.5, 0.6) is 17.2 Å². The Balaban J connectivity index is 1.33.